The maximum atomic E-state index is 12.0. The van der Waals surface area contributed by atoms with Gasteiger partial charge in [-0.1, -0.05) is 30.3 Å². The molecule has 1 aromatic rings. The molecule has 7 heteroatoms. The van der Waals surface area contributed by atoms with E-state index in [1.54, 1.807) is 0 Å². The lowest BCUT2D eigenvalue weighted by molar-refractivity contribution is -0.507. The first-order chi connectivity index (χ1) is 9.77. The summed E-state index contributed by atoms with van der Waals surface area (Å²) in [6.45, 7) is 4.31. The topological polar surface area (TPSA) is 20.1 Å². The van der Waals surface area contributed by atoms with Gasteiger partial charge in [0.15, 0.2) is 11.5 Å². The highest BCUT2D eigenvalue weighted by molar-refractivity contribution is 6.50. The van der Waals surface area contributed by atoms with Gasteiger partial charge in [0.05, 0.1) is 6.42 Å². The van der Waals surface area contributed by atoms with Gasteiger partial charge in [-0.3, -0.25) is 4.79 Å². The summed E-state index contributed by atoms with van der Waals surface area (Å²) in [5, 5.41) is 0. The predicted molar refractivity (Wildman–Crippen MR) is 75.5 cm³/mol. The van der Waals surface area contributed by atoms with E-state index >= 15 is 0 Å². The van der Waals surface area contributed by atoms with Crippen LogP contribution in [0, 0.1) is 0 Å². The molecule has 0 saturated carbocycles. The van der Waals surface area contributed by atoms with Crippen LogP contribution < -0.4 is 0 Å². The zero-order chi connectivity index (χ0) is 15.9. The Bertz CT molecular complexity index is 485. The number of hydrogen-bond donors (Lipinski definition) is 0. The minimum atomic E-state index is -6.00. The largest absolute Gasteiger partial charge is 0.673 e. The fourth-order valence-corrected chi connectivity index (χ4v) is 2.17. The lowest BCUT2D eigenvalue weighted by atomic mass is 10.1. The van der Waals surface area contributed by atoms with E-state index in [-0.39, 0.29) is 5.78 Å². The summed E-state index contributed by atoms with van der Waals surface area (Å²) in [6.07, 6.45) is 3.08. The van der Waals surface area contributed by atoms with E-state index in [2.05, 4.69) is 11.5 Å². The second kappa shape index (κ2) is 7.95. The van der Waals surface area contributed by atoms with Crippen molar-refractivity contribution in [3.63, 3.8) is 0 Å². The Morgan fingerprint density at radius 3 is 2.05 bits per heavy atom. The van der Waals surface area contributed by atoms with E-state index < -0.39 is 7.25 Å². The van der Waals surface area contributed by atoms with Gasteiger partial charge in [0, 0.05) is 25.3 Å². The van der Waals surface area contributed by atoms with Crippen LogP contribution in [-0.2, 0) is 0 Å². The smallest absolute Gasteiger partial charge is 0.418 e. The molecule has 116 valence electrons. The molecular formula is C14H18BF4NO. The first-order valence-corrected chi connectivity index (χ1v) is 6.80. The van der Waals surface area contributed by atoms with E-state index in [4.69, 9.17) is 0 Å². The van der Waals surface area contributed by atoms with Crippen LogP contribution in [0.2, 0.25) is 0 Å². The molecule has 1 aliphatic heterocycles. The lowest BCUT2D eigenvalue weighted by Gasteiger charge is -2.01. The van der Waals surface area contributed by atoms with Crippen molar-refractivity contribution in [2.45, 2.75) is 26.2 Å². The van der Waals surface area contributed by atoms with Crippen LogP contribution >= 0.6 is 0 Å². The molecule has 0 bridgehead atoms. The lowest BCUT2D eigenvalue weighted by Crippen LogP contribution is -2.18. The van der Waals surface area contributed by atoms with E-state index in [9.17, 15) is 22.1 Å². The highest BCUT2D eigenvalue weighted by Gasteiger charge is 2.20. The number of Topliss-reactive ketones (excluding diaryl/α,β-unsaturated/α-hetero) is 1. The van der Waals surface area contributed by atoms with Crippen molar-refractivity contribution in [2.24, 2.45) is 0 Å². The standard InChI is InChI=1S/C14H18NO.BF4/c1-12(15-9-5-6-10-15)11-14(16)13-7-3-2-4-8-13;2-1(3,4)5/h2-4,7-8H,5-6,9-11H2,1H3;/q+1;-1. The average molecular weight is 303 g/mol. The van der Waals surface area contributed by atoms with Crippen molar-refractivity contribution in [1.82, 2.24) is 0 Å². The highest BCUT2D eigenvalue weighted by atomic mass is 19.5. The molecule has 1 heterocycles. The molecule has 0 aliphatic carbocycles. The minimum Gasteiger partial charge on any atom is -0.418 e. The minimum absolute atomic E-state index is 0.227. The zero-order valence-corrected chi connectivity index (χ0v) is 11.9. The second-order valence-corrected chi connectivity index (χ2v) is 4.89. The number of carbonyl (C=O) groups excluding carboxylic acids is 1. The quantitative estimate of drug-likeness (QED) is 0.360. The molecule has 0 N–H and O–H groups in total. The van der Waals surface area contributed by atoms with Crippen molar-refractivity contribution in [1.29, 1.82) is 0 Å². The van der Waals surface area contributed by atoms with Crippen LogP contribution in [0.15, 0.2) is 30.3 Å². The molecule has 0 amide bonds. The Hall–Kier alpha value is -1.66. The third kappa shape index (κ3) is 7.63. The third-order valence-corrected chi connectivity index (χ3v) is 3.16. The Balaban J connectivity index is 0.000000383. The summed E-state index contributed by atoms with van der Waals surface area (Å²) < 4.78 is 41.3. The fourth-order valence-electron chi connectivity index (χ4n) is 2.17. The van der Waals surface area contributed by atoms with Crippen LogP contribution in [0.25, 0.3) is 0 Å². The Morgan fingerprint density at radius 1 is 1.10 bits per heavy atom. The van der Waals surface area contributed by atoms with Crippen molar-refractivity contribution in [3.8, 4) is 0 Å². The number of hydrogen-bond acceptors (Lipinski definition) is 1. The van der Waals surface area contributed by atoms with Crippen LogP contribution in [0.5, 0.6) is 0 Å². The van der Waals surface area contributed by atoms with E-state index in [1.165, 1.54) is 18.6 Å². The predicted octanol–water partition coefficient (Wildman–Crippen LogP) is 3.83. The molecule has 1 aliphatic rings. The second-order valence-electron chi connectivity index (χ2n) is 4.89. The molecule has 0 spiro atoms. The third-order valence-electron chi connectivity index (χ3n) is 3.16. The van der Waals surface area contributed by atoms with Crippen LogP contribution in [0.3, 0.4) is 0 Å². The van der Waals surface area contributed by atoms with Gasteiger partial charge in [0.25, 0.3) is 0 Å². The molecule has 0 atom stereocenters. The van der Waals surface area contributed by atoms with Gasteiger partial charge in [0.2, 0.25) is 0 Å². The molecule has 2 nitrogen and oxygen atoms in total. The molecule has 21 heavy (non-hydrogen) atoms. The van der Waals surface area contributed by atoms with Crippen molar-refractivity contribution < 1.29 is 26.6 Å². The average Bonchev–Trinajstić information content (AvgIpc) is 2.91. The van der Waals surface area contributed by atoms with E-state index in [0.717, 1.165) is 18.7 Å². The molecule has 1 aromatic carbocycles. The maximum absolute atomic E-state index is 12.0. The Morgan fingerprint density at radius 2 is 1.57 bits per heavy atom. The van der Waals surface area contributed by atoms with E-state index in [0.29, 0.717) is 6.42 Å². The molecule has 0 unspecified atom stereocenters. The molecule has 1 saturated heterocycles. The van der Waals surface area contributed by atoms with Crippen molar-refractivity contribution in [3.05, 3.63) is 35.9 Å². The monoisotopic (exact) mass is 303 g/mol. The van der Waals surface area contributed by atoms with E-state index in [1.807, 2.05) is 30.3 Å². The molecule has 0 radical (unpaired) electrons. The van der Waals surface area contributed by atoms with Gasteiger partial charge < -0.3 is 17.3 Å². The molecule has 1 fully saturated rings. The number of benzene rings is 1. The van der Waals surface area contributed by atoms with Crippen LogP contribution in [0.1, 0.15) is 36.5 Å². The van der Waals surface area contributed by atoms with Crippen molar-refractivity contribution in [2.75, 3.05) is 13.1 Å². The normalized spacial score (nSPS) is 14.4. The number of halogens is 4. The molecule has 2 rings (SSSR count). The fraction of sp³-hybridized carbons (Fsp3) is 0.429. The number of carbonyl (C=O) groups is 1. The van der Waals surface area contributed by atoms with Crippen LogP contribution in [0.4, 0.5) is 17.3 Å². The summed E-state index contributed by atoms with van der Waals surface area (Å²) in [5.41, 5.74) is 2.03. The number of nitrogens with zero attached hydrogens (tertiary/aromatic N) is 1. The zero-order valence-electron chi connectivity index (χ0n) is 11.9. The summed E-state index contributed by atoms with van der Waals surface area (Å²) in [5.74, 6) is 0.227. The highest BCUT2D eigenvalue weighted by Crippen LogP contribution is 2.07. The SMILES string of the molecule is CC(CC(=O)c1ccccc1)=[N+]1CCCC1.F[B-](F)(F)F. The van der Waals surface area contributed by atoms with Gasteiger partial charge in [-0.25, -0.2) is 4.58 Å². The van der Waals surface area contributed by atoms with Gasteiger partial charge >= 0.3 is 7.25 Å². The maximum Gasteiger partial charge on any atom is 0.673 e. The van der Waals surface area contributed by atoms with Gasteiger partial charge in [-0.05, 0) is 0 Å². The van der Waals surface area contributed by atoms with Gasteiger partial charge in [0.1, 0.15) is 13.1 Å². The summed E-state index contributed by atoms with van der Waals surface area (Å²) in [6, 6.07) is 9.55. The molecular weight excluding hydrogens is 285 g/mol. The summed E-state index contributed by atoms with van der Waals surface area (Å²) in [4.78, 5) is 12.0. The van der Waals surface area contributed by atoms with Gasteiger partial charge in [-0.2, -0.15) is 0 Å². The van der Waals surface area contributed by atoms with Gasteiger partial charge in [-0.15, -0.1) is 0 Å². The first-order valence-electron chi connectivity index (χ1n) is 6.80. The summed E-state index contributed by atoms with van der Waals surface area (Å²) in [7, 11) is -6.00. The first kappa shape index (κ1) is 17.4. The Kier molecular flexibility index (Phi) is 6.59. The van der Waals surface area contributed by atoms with Crippen molar-refractivity contribution >= 4 is 18.7 Å². The number of rotatable bonds is 3. The summed E-state index contributed by atoms with van der Waals surface area (Å²) >= 11 is 0. The number of ketones is 1. The van der Waals surface area contributed by atoms with Crippen LogP contribution in [-0.4, -0.2) is 36.4 Å². The molecule has 0 aromatic heterocycles. The Labute approximate surface area is 121 Å².